The van der Waals surface area contributed by atoms with E-state index in [2.05, 4.69) is 21.0 Å². The third kappa shape index (κ3) is 3.41. The Balaban J connectivity index is 2.48. The zero-order valence-corrected chi connectivity index (χ0v) is 14.1. The third-order valence-electron chi connectivity index (χ3n) is 2.97. The topological polar surface area (TPSA) is 69.0 Å². The minimum atomic E-state index is -3.34. The number of aromatic nitrogens is 2. The normalized spacial score (nSPS) is 11.6. The van der Waals surface area contributed by atoms with Crippen LogP contribution < -0.4 is 0 Å². The molecule has 0 saturated heterocycles. The van der Waals surface area contributed by atoms with E-state index >= 15 is 0 Å². The fourth-order valence-corrected chi connectivity index (χ4v) is 3.12. The molecule has 0 aliphatic rings. The third-order valence-corrected chi connectivity index (χ3v) is 4.66. The van der Waals surface area contributed by atoms with Gasteiger partial charge in [-0.05, 0) is 34.5 Å². The summed E-state index contributed by atoms with van der Waals surface area (Å²) < 4.78 is 25.4. The molecule has 0 N–H and O–H groups in total. The molecule has 7 heteroatoms. The first-order valence-electron chi connectivity index (χ1n) is 6.40. The maximum Gasteiger partial charge on any atom is 0.212 e. The predicted octanol–water partition coefficient (Wildman–Crippen LogP) is 2.69. The van der Waals surface area contributed by atoms with E-state index in [1.54, 1.807) is 23.0 Å². The largest absolute Gasteiger partial charge is 0.287 e. The van der Waals surface area contributed by atoms with Crippen LogP contribution in [-0.4, -0.2) is 30.2 Å². The Labute approximate surface area is 132 Å². The number of rotatable bonds is 5. The molecule has 0 radical (unpaired) electrons. The van der Waals surface area contributed by atoms with Gasteiger partial charge >= 0.3 is 0 Å². The highest BCUT2D eigenvalue weighted by Gasteiger charge is 2.20. The van der Waals surface area contributed by atoms with E-state index in [1.165, 1.54) is 12.1 Å². The molecule has 0 amide bonds. The second-order valence-electron chi connectivity index (χ2n) is 4.69. The van der Waals surface area contributed by atoms with Gasteiger partial charge in [-0.15, -0.1) is 0 Å². The Kier molecular flexibility index (Phi) is 4.63. The number of sulfone groups is 1. The van der Waals surface area contributed by atoms with E-state index in [0.717, 1.165) is 12.7 Å². The number of aryl methyl sites for hydroxylation is 1. The Morgan fingerprint density at radius 3 is 2.71 bits per heavy atom. The van der Waals surface area contributed by atoms with Gasteiger partial charge in [0.1, 0.15) is 5.69 Å². The van der Waals surface area contributed by atoms with Gasteiger partial charge in [0.15, 0.2) is 9.84 Å². The van der Waals surface area contributed by atoms with Crippen molar-refractivity contribution in [3.8, 4) is 0 Å². The molecular formula is C14H15BrN2O3S. The number of benzene rings is 1. The van der Waals surface area contributed by atoms with Crippen LogP contribution in [0.3, 0.4) is 0 Å². The summed E-state index contributed by atoms with van der Waals surface area (Å²) in [6, 6.07) is 6.04. The first-order chi connectivity index (χ1) is 9.84. The van der Waals surface area contributed by atoms with Crippen LogP contribution in [-0.2, 0) is 16.4 Å². The van der Waals surface area contributed by atoms with Crippen LogP contribution in [0.4, 0.5) is 0 Å². The summed E-state index contributed by atoms with van der Waals surface area (Å²) in [6.07, 6.45) is 3.54. The van der Waals surface area contributed by atoms with Gasteiger partial charge in [-0.25, -0.2) is 8.42 Å². The number of hydrogen-bond acceptors (Lipinski definition) is 4. The lowest BCUT2D eigenvalue weighted by Crippen LogP contribution is -2.12. The van der Waals surface area contributed by atoms with Gasteiger partial charge in [-0.3, -0.25) is 9.48 Å². The summed E-state index contributed by atoms with van der Waals surface area (Å²) in [6.45, 7) is 2.62. The number of hydrogen-bond donors (Lipinski definition) is 0. The lowest BCUT2D eigenvalue weighted by Gasteiger charge is -2.07. The van der Waals surface area contributed by atoms with E-state index < -0.39 is 9.84 Å². The summed E-state index contributed by atoms with van der Waals surface area (Å²) in [5.74, 6) is -0.252. The minimum Gasteiger partial charge on any atom is -0.287 e. The molecule has 0 aliphatic heterocycles. The molecule has 112 valence electrons. The number of nitrogens with zero attached hydrogens (tertiary/aromatic N) is 2. The van der Waals surface area contributed by atoms with Crippen molar-refractivity contribution in [2.45, 2.75) is 24.8 Å². The molecule has 0 bridgehead atoms. The number of carbonyl (C=O) groups excluding carboxylic acids is 1. The van der Waals surface area contributed by atoms with Crippen molar-refractivity contribution < 1.29 is 13.2 Å². The fourth-order valence-electron chi connectivity index (χ4n) is 1.97. The van der Waals surface area contributed by atoms with E-state index in [0.29, 0.717) is 22.3 Å². The van der Waals surface area contributed by atoms with Crippen molar-refractivity contribution in [3.05, 3.63) is 46.2 Å². The van der Waals surface area contributed by atoms with Gasteiger partial charge in [0, 0.05) is 18.4 Å². The molecule has 0 aliphatic carbocycles. The molecule has 1 aromatic carbocycles. The summed E-state index contributed by atoms with van der Waals surface area (Å²) in [4.78, 5) is 12.7. The van der Waals surface area contributed by atoms with Crippen LogP contribution in [0.25, 0.3) is 0 Å². The monoisotopic (exact) mass is 370 g/mol. The van der Waals surface area contributed by atoms with Crippen LogP contribution in [0.5, 0.6) is 0 Å². The molecule has 0 fully saturated rings. The van der Waals surface area contributed by atoms with Gasteiger partial charge in [-0.1, -0.05) is 19.1 Å². The molecule has 5 nitrogen and oxygen atoms in total. The Hall–Kier alpha value is -1.47. The second kappa shape index (κ2) is 6.11. The van der Waals surface area contributed by atoms with Crippen molar-refractivity contribution in [1.82, 2.24) is 9.78 Å². The van der Waals surface area contributed by atoms with Gasteiger partial charge in [0.25, 0.3) is 0 Å². The molecule has 1 heterocycles. The smallest absolute Gasteiger partial charge is 0.212 e. The summed E-state index contributed by atoms with van der Waals surface area (Å²) in [5.41, 5.74) is 0.763. The quantitative estimate of drug-likeness (QED) is 0.758. The molecular weight excluding hydrogens is 356 g/mol. The Morgan fingerprint density at radius 2 is 2.10 bits per heavy atom. The highest BCUT2D eigenvalue weighted by Crippen LogP contribution is 2.21. The standard InChI is InChI=1S/C14H15BrN2O3S/c1-3-7-17-13(12(15)9-16-17)14(18)10-5-4-6-11(8-10)21(2,19)20/h4-6,8-9H,3,7H2,1-2H3. The van der Waals surface area contributed by atoms with Crippen LogP contribution in [0.1, 0.15) is 29.4 Å². The van der Waals surface area contributed by atoms with Gasteiger partial charge < -0.3 is 0 Å². The Bertz CT molecular complexity index is 781. The van der Waals surface area contributed by atoms with Crippen molar-refractivity contribution >= 4 is 31.6 Å². The van der Waals surface area contributed by atoms with E-state index in [4.69, 9.17) is 0 Å². The van der Waals surface area contributed by atoms with Crippen LogP contribution in [0.2, 0.25) is 0 Å². The molecule has 0 saturated carbocycles. The lowest BCUT2D eigenvalue weighted by molar-refractivity contribution is 0.102. The van der Waals surface area contributed by atoms with Crippen molar-refractivity contribution in [1.29, 1.82) is 0 Å². The van der Waals surface area contributed by atoms with Crippen LogP contribution in [0, 0.1) is 0 Å². The van der Waals surface area contributed by atoms with Gasteiger partial charge in [0.2, 0.25) is 5.78 Å². The zero-order chi connectivity index (χ0) is 15.6. The SMILES string of the molecule is CCCn1ncc(Br)c1C(=O)c1cccc(S(C)(=O)=O)c1. The van der Waals surface area contributed by atoms with Crippen molar-refractivity contribution in [3.63, 3.8) is 0 Å². The fraction of sp³-hybridized carbons (Fsp3) is 0.286. The van der Waals surface area contributed by atoms with Crippen LogP contribution in [0.15, 0.2) is 39.8 Å². The van der Waals surface area contributed by atoms with E-state index in [-0.39, 0.29) is 10.7 Å². The van der Waals surface area contributed by atoms with E-state index in [1.807, 2.05) is 6.92 Å². The summed E-state index contributed by atoms with van der Waals surface area (Å²) in [5, 5.41) is 4.15. The second-order valence-corrected chi connectivity index (χ2v) is 7.56. The minimum absolute atomic E-state index is 0.131. The highest BCUT2D eigenvalue weighted by atomic mass is 79.9. The molecule has 0 spiro atoms. The first kappa shape index (κ1) is 15.9. The van der Waals surface area contributed by atoms with Crippen molar-refractivity contribution in [2.24, 2.45) is 0 Å². The zero-order valence-electron chi connectivity index (χ0n) is 11.7. The van der Waals surface area contributed by atoms with Gasteiger partial charge in [0.05, 0.1) is 15.6 Å². The molecule has 2 rings (SSSR count). The first-order valence-corrected chi connectivity index (χ1v) is 9.09. The van der Waals surface area contributed by atoms with Crippen molar-refractivity contribution in [2.75, 3.05) is 6.26 Å². The molecule has 0 atom stereocenters. The van der Waals surface area contributed by atoms with Crippen LogP contribution >= 0.6 is 15.9 Å². The van der Waals surface area contributed by atoms with Gasteiger partial charge in [-0.2, -0.15) is 5.10 Å². The predicted molar refractivity (Wildman–Crippen MR) is 83.2 cm³/mol. The lowest BCUT2D eigenvalue weighted by atomic mass is 10.1. The molecule has 0 unspecified atom stereocenters. The average molecular weight is 371 g/mol. The Morgan fingerprint density at radius 1 is 1.38 bits per heavy atom. The molecule has 1 aromatic heterocycles. The molecule has 21 heavy (non-hydrogen) atoms. The number of carbonyl (C=O) groups is 1. The average Bonchev–Trinajstić information content (AvgIpc) is 2.79. The maximum absolute atomic E-state index is 12.6. The number of halogens is 1. The molecule has 2 aromatic rings. The number of ketones is 1. The summed E-state index contributed by atoms with van der Waals surface area (Å²) >= 11 is 3.32. The maximum atomic E-state index is 12.6. The summed E-state index contributed by atoms with van der Waals surface area (Å²) in [7, 11) is -3.34. The highest BCUT2D eigenvalue weighted by molar-refractivity contribution is 9.10. The van der Waals surface area contributed by atoms with E-state index in [9.17, 15) is 13.2 Å².